The molecular weight excluding hydrogens is 344 g/mol. The lowest BCUT2D eigenvalue weighted by Crippen LogP contribution is -2.48. The zero-order valence-corrected chi connectivity index (χ0v) is 15.0. The summed E-state index contributed by atoms with van der Waals surface area (Å²) in [6.45, 7) is 1.91. The molecule has 0 fully saturated rings. The van der Waals surface area contributed by atoms with Crippen LogP contribution in [-0.4, -0.2) is 38.7 Å². The molecule has 2 aromatic carbocycles. The average Bonchev–Trinajstić information content (AvgIpc) is 3.26. The van der Waals surface area contributed by atoms with Crippen LogP contribution in [0.2, 0.25) is 0 Å². The highest BCUT2D eigenvalue weighted by Crippen LogP contribution is 2.20. The van der Waals surface area contributed by atoms with Gasteiger partial charge in [-0.1, -0.05) is 30.3 Å². The normalized spacial score (nSPS) is 11.5. The Balaban J connectivity index is 1.58. The van der Waals surface area contributed by atoms with Gasteiger partial charge in [0.1, 0.15) is 12.7 Å². The monoisotopic (exact) mass is 364 g/mol. The number of nitrogens with zero attached hydrogens (tertiary/aromatic N) is 4. The number of hydrogen-bond donors (Lipinski definition) is 2. The van der Waals surface area contributed by atoms with Gasteiger partial charge in [0.2, 0.25) is 0 Å². The highest BCUT2D eigenvalue weighted by molar-refractivity contribution is 5.95. The summed E-state index contributed by atoms with van der Waals surface area (Å²) in [7, 11) is 1.67. The van der Waals surface area contributed by atoms with Crippen molar-refractivity contribution in [1.82, 2.24) is 30.5 Å². The number of carbonyl (C=O) groups excluding carboxylic acids is 2. The van der Waals surface area contributed by atoms with Crippen LogP contribution in [0.3, 0.4) is 0 Å². The van der Waals surface area contributed by atoms with E-state index in [9.17, 15) is 9.59 Å². The molecule has 0 saturated heterocycles. The molecular formula is C19H20N6O2. The van der Waals surface area contributed by atoms with Crippen molar-refractivity contribution in [2.75, 3.05) is 7.05 Å². The van der Waals surface area contributed by atoms with Crippen LogP contribution in [0, 0.1) is 0 Å². The average molecular weight is 364 g/mol. The molecule has 0 bridgehead atoms. The number of urea groups is 1. The van der Waals surface area contributed by atoms with E-state index in [1.54, 1.807) is 42.3 Å². The summed E-state index contributed by atoms with van der Waals surface area (Å²) in [4.78, 5) is 29.8. The minimum atomic E-state index is -0.410. The van der Waals surface area contributed by atoms with Gasteiger partial charge in [0.25, 0.3) is 5.91 Å². The number of amides is 3. The van der Waals surface area contributed by atoms with Crippen LogP contribution in [0.1, 0.15) is 28.9 Å². The molecule has 1 heterocycles. The molecule has 1 aromatic heterocycles. The Bertz CT molecular complexity index is 894. The van der Waals surface area contributed by atoms with Crippen LogP contribution >= 0.6 is 0 Å². The Hall–Kier alpha value is -3.68. The topological polar surface area (TPSA) is 92.2 Å². The van der Waals surface area contributed by atoms with Crippen molar-refractivity contribution in [3.63, 3.8) is 0 Å². The van der Waals surface area contributed by atoms with Gasteiger partial charge in [-0.25, -0.2) is 19.9 Å². The highest BCUT2D eigenvalue weighted by atomic mass is 16.2. The molecule has 3 rings (SSSR count). The number of hydrazine groups is 1. The molecule has 27 heavy (non-hydrogen) atoms. The molecule has 0 aliphatic carbocycles. The quantitative estimate of drug-likeness (QED) is 0.695. The summed E-state index contributed by atoms with van der Waals surface area (Å²) in [5.74, 6) is -0.373. The molecule has 8 nitrogen and oxygen atoms in total. The predicted molar refractivity (Wildman–Crippen MR) is 100.0 cm³/mol. The molecule has 3 aromatic rings. The van der Waals surface area contributed by atoms with Crippen molar-refractivity contribution in [2.45, 2.75) is 13.0 Å². The zero-order chi connectivity index (χ0) is 19.2. The summed E-state index contributed by atoms with van der Waals surface area (Å²) in [6, 6.07) is 15.7. The summed E-state index contributed by atoms with van der Waals surface area (Å²) in [5.41, 5.74) is 7.14. The standard InChI is InChI=1S/C19H20N6O2/c1-14(15-8-10-17(11-9-15)25-13-20-12-21-25)24(2)19(27)23-22-18(26)16-6-4-3-5-7-16/h3-14H,1-2H3,(H,22,26)(H,23,27). The van der Waals surface area contributed by atoms with Crippen molar-refractivity contribution in [1.29, 1.82) is 0 Å². The largest absolute Gasteiger partial charge is 0.336 e. The third-order valence-electron chi connectivity index (χ3n) is 4.28. The first kappa shape index (κ1) is 18.1. The van der Waals surface area contributed by atoms with E-state index < -0.39 is 6.03 Å². The van der Waals surface area contributed by atoms with Crippen LogP contribution in [0.15, 0.2) is 67.3 Å². The van der Waals surface area contributed by atoms with Gasteiger partial charge in [-0.05, 0) is 36.8 Å². The fraction of sp³-hybridized carbons (Fsp3) is 0.158. The van der Waals surface area contributed by atoms with Gasteiger partial charge in [-0.15, -0.1) is 0 Å². The number of hydrogen-bond acceptors (Lipinski definition) is 4. The van der Waals surface area contributed by atoms with Crippen LogP contribution in [0.4, 0.5) is 4.79 Å². The summed E-state index contributed by atoms with van der Waals surface area (Å²) < 4.78 is 1.66. The predicted octanol–water partition coefficient (Wildman–Crippen LogP) is 2.31. The minimum absolute atomic E-state index is 0.191. The van der Waals surface area contributed by atoms with Crippen molar-refractivity contribution in [3.05, 3.63) is 78.4 Å². The number of rotatable bonds is 4. The van der Waals surface area contributed by atoms with Gasteiger partial charge in [0, 0.05) is 12.6 Å². The van der Waals surface area contributed by atoms with Gasteiger partial charge in [0.15, 0.2) is 0 Å². The maximum Gasteiger partial charge on any atom is 0.336 e. The van der Waals surface area contributed by atoms with Gasteiger partial charge in [-0.3, -0.25) is 10.2 Å². The molecule has 0 spiro atoms. The van der Waals surface area contributed by atoms with Gasteiger partial charge < -0.3 is 4.90 Å². The fourth-order valence-electron chi connectivity index (χ4n) is 2.51. The molecule has 0 aliphatic heterocycles. The molecule has 0 aliphatic rings. The lowest BCUT2D eigenvalue weighted by atomic mass is 10.1. The highest BCUT2D eigenvalue weighted by Gasteiger charge is 2.18. The molecule has 138 valence electrons. The van der Waals surface area contributed by atoms with Crippen LogP contribution in [0.5, 0.6) is 0 Å². The SMILES string of the molecule is CC(c1ccc(-n2cncn2)cc1)N(C)C(=O)NNC(=O)c1ccccc1. The van der Waals surface area contributed by atoms with E-state index in [1.165, 1.54) is 11.2 Å². The number of aromatic nitrogens is 3. The van der Waals surface area contributed by atoms with E-state index in [0.717, 1.165) is 11.3 Å². The second kappa shape index (κ2) is 8.13. The lowest BCUT2D eigenvalue weighted by Gasteiger charge is -2.25. The summed E-state index contributed by atoms with van der Waals surface area (Å²) in [5, 5.41) is 4.08. The van der Waals surface area contributed by atoms with Gasteiger partial charge in [0.05, 0.1) is 11.7 Å². The van der Waals surface area contributed by atoms with E-state index >= 15 is 0 Å². The first-order valence-corrected chi connectivity index (χ1v) is 8.39. The lowest BCUT2D eigenvalue weighted by molar-refractivity contribution is 0.0929. The fourth-order valence-corrected chi connectivity index (χ4v) is 2.51. The Labute approximate surface area is 156 Å². The van der Waals surface area contributed by atoms with Gasteiger partial charge in [-0.2, -0.15) is 5.10 Å². The van der Waals surface area contributed by atoms with Gasteiger partial charge >= 0.3 is 6.03 Å². The summed E-state index contributed by atoms with van der Waals surface area (Å²) >= 11 is 0. The third kappa shape index (κ3) is 4.30. The maximum atomic E-state index is 12.3. The number of benzene rings is 2. The Kier molecular flexibility index (Phi) is 5.46. The molecule has 0 radical (unpaired) electrons. The Morgan fingerprint density at radius 1 is 1.04 bits per heavy atom. The molecule has 2 N–H and O–H groups in total. The number of nitrogens with one attached hydrogen (secondary N) is 2. The minimum Gasteiger partial charge on any atom is -0.320 e. The van der Waals surface area contributed by atoms with E-state index in [4.69, 9.17) is 0 Å². The van der Waals surface area contributed by atoms with E-state index in [2.05, 4.69) is 20.9 Å². The molecule has 3 amide bonds. The Morgan fingerprint density at radius 2 is 1.74 bits per heavy atom. The number of carbonyl (C=O) groups is 2. The Morgan fingerprint density at radius 3 is 2.37 bits per heavy atom. The molecule has 1 unspecified atom stereocenters. The zero-order valence-electron chi connectivity index (χ0n) is 15.0. The van der Waals surface area contributed by atoms with Crippen molar-refractivity contribution in [3.8, 4) is 5.69 Å². The molecule has 8 heteroatoms. The first-order chi connectivity index (χ1) is 13.1. The van der Waals surface area contributed by atoms with E-state index in [0.29, 0.717) is 5.56 Å². The van der Waals surface area contributed by atoms with E-state index in [-0.39, 0.29) is 11.9 Å². The van der Waals surface area contributed by atoms with Crippen molar-refractivity contribution >= 4 is 11.9 Å². The van der Waals surface area contributed by atoms with Crippen LogP contribution in [0.25, 0.3) is 5.69 Å². The van der Waals surface area contributed by atoms with Crippen LogP contribution in [-0.2, 0) is 0 Å². The third-order valence-corrected chi connectivity index (χ3v) is 4.28. The molecule has 0 saturated carbocycles. The first-order valence-electron chi connectivity index (χ1n) is 8.39. The smallest absolute Gasteiger partial charge is 0.320 e. The van der Waals surface area contributed by atoms with E-state index in [1.807, 2.05) is 37.3 Å². The summed E-state index contributed by atoms with van der Waals surface area (Å²) in [6.07, 6.45) is 3.09. The second-order valence-electron chi connectivity index (χ2n) is 5.97. The van der Waals surface area contributed by atoms with Crippen molar-refractivity contribution < 1.29 is 9.59 Å². The van der Waals surface area contributed by atoms with Crippen LogP contribution < -0.4 is 10.9 Å². The second-order valence-corrected chi connectivity index (χ2v) is 5.97. The van der Waals surface area contributed by atoms with Crippen molar-refractivity contribution in [2.24, 2.45) is 0 Å². The maximum absolute atomic E-state index is 12.3. The molecule has 1 atom stereocenters.